The maximum atomic E-state index is 11.6. The van der Waals surface area contributed by atoms with E-state index in [1.807, 2.05) is 6.92 Å². The van der Waals surface area contributed by atoms with Crippen molar-refractivity contribution in [2.75, 3.05) is 0 Å². The SMILES string of the molecule is CCC[C@H](F)S. The van der Waals surface area contributed by atoms with Gasteiger partial charge in [0.25, 0.3) is 0 Å². The van der Waals surface area contributed by atoms with Gasteiger partial charge in [0.1, 0.15) is 5.50 Å². The topological polar surface area (TPSA) is 0 Å². The normalized spacial score (nSPS) is 14.5. The van der Waals surface area contributed by atoms with Crippen LogP contribution >= 0.6 is 12.6 Å². The Hall–Kier alpha value is 0.280. The molecule has 0 aromatic rings. The summed E-state index contributed by atoms with van der Waals surface area (Å²) >= 11 is 3.51. The highest BCUT2D eigenvalue weighted by Crippen LogP contribution is 2.03. The molecular weight excluding hydrogens is 99.1 g/mol. The van der Waals surface area contributed by atoms with E-state index in [1.165, 1.54) is 0 Å². The molecule has 0 N–H and O–H groups in total. The number of halogens is 1. The van der Waals surface area contributed by atoms with Crippen molar-refractivity contribution < 1.29 is 4.39 Å². The molecule has 0 aliphatic heterocycles. The Bertz CT molecular complexity index is 28.7. The van der Waals surface area contributed by atoms with Gasteiger partial charge in [0.15, 0.2) is 0 Å². The van der Waals surface area contributed by atoms with Gasteiger partial charge in [-0.1, -0.05) is 13.3 Å². The van der Waals surface area contributed by atoms with Gasteiger partial charge in [0.2, 0.25) is 0 Å². The molecule has 0 saturated heterocycles. The summed E-state index contributed by atoms with van der Waals surface area (Å²) in [5.41, 5.74) is -0.907. The molecule has 1 atom stereocenters. The molecule has 0 rings (SSSR count). The Morgan fingerprint density at radius 3 is 2.33 bits per heavy atom. The Balaban J connectivity index is 2.63. The van der Waals surface area contributed by atoms with Crippen LogP contribution in [0.15, 0.2) is 0 Å². The highest BCUT2D eigenvalue weighted by molar-refractivity contribution is 7.80. The molecule has 0 heterocycles. The lowest BCUT2D eigenvalue weighted by atomic mass is 10.4. The number of rotatable bonds is 2. The Morgan fingerprint density at radius 1 is 1.83 bits per heavy atom. The standard InChI is InChI=1S/C4H9FS/c1-2-3-4(5)6/h4,6H,2-3H2,1H3/t4-/m1/s1. The van der Waals surface area contributed by atoms with Gasteiger partial charge in [-0.15, -0.1) is 12.6 Å². The fourth-order valence-electron chi connectivity index (χ4n) is 0.238. The minimum absolute atomic E-state index is 0.573. The van der Waals surface area contributed by atoms with Crippen molar-refractivity contribution in [2.24, 2.45) is 0 Å². The largest absolute Gasteiger partial charge is 0.236 e. The second-order valence-corrected chi connectivity index (χ2v) is 1.78. The van der Waals surface area contributed by atoms with Crippen LogP contribution < -0.4 is 0 Å². The Kier molecular flexibility index (Phi) is 3.63. The first-order valence-corrected chi connectivity index (χ1v) is 2.61. The third kappa shape index (κ3) is 4.28. The summed E-state index contributed by atoms with van der Waals surface area (Å²) in [6.07, 6.45) is 1.45. The number of hydrogen-bond donors (Lipinski definition) is 1. The lowest BCUT2D eigenvalue weighted by Crippen LogP contribution is -1.83. The summed E-state index contributed by atoms with van der Waals surface area (Å²) in [6, 6.07) is 0. The molecule has 0 fully saturated rings. The van der Waals surface area contributed by atoms with Gasteiger partial charge >= 0.3 is 0 Å². The van der Waals surface area contributed by atoms with Crippen LogP contribution in [-0.2, 0) is 0 Å². The maximum Gasteiger partial charge on any atom is 0.143 e. The van der Waals surface area contributed by atoms with Gasteiger partial charge in [-0.2, -0.15) is 0 Å². The fourth-order valence-corrected chi connectivity index (χ4v) is 0.496. The third-order valence-corrected chi connectivity index (χ3v) is 0.785. The second kappa shape index (κ2) is 3.47. The van der Waals surface area contributed by atoms with E-state index in [2.05, 4.69) is 12.6 Å². The smallest absolute Gasteiger partial charge is 0.143 e. The molecule has 0 bridgehead atoms. The molecule has 0 aromatic heterocycles. The van der Waals surface area contributed by atoms with Crippen molar-refractivity contribution in [1.82, 2.24) is 0 Å². The summed E-state index contributed by atoms with van der Waals surface area (Å²) < 4.78 is 11.6. The molecule has 0 amide bonds. The first-order valence-electron chi connectivity index (χ1n) is 2.09. The van der Waals surface area contributed by atoms with E-state index in [1.54, 1.807) is 0 Å². The maximum absolute atomic E-state index is 11.6. The van der Waals surface area contributed by atoms with Crippen molar-refractivity contribution in [1.29, 1.82) is 0 Å². The van der Waals surface area contributed by atoms with Gasteiger partial charge in [-0.25, -0.2) is 4.39 Å². The van der Waals surface area contributed by atoms with Gasteiger partial charge in [0.05, 0.1) is 0 Å². The number of alkyl halides is 1. The van der Waals surface area contributed by atoms with Crippen LogP contribution in [0.25, 0.3) is 0 Å². The molecule has 2 heteroatoms. The molecule has 38 valence electrons. The lowest BCUT2D eigenvalue weighted by molar-refractivity contribution is 0.429. The zero-order chi connectivity index (χ0) is 4.99. The zero-order valence-corrected chi connectivity index (χ0v) is 4.71. The van der Waals surface area contributed by atoms with Crippen molar-refractivity contribution in [3.63, 3.8) is 0 Å². The van der Waals surface area contributed by atoms with E-state index in [0.29, 0.717) is 6.42 Å². The molecule has 6 heavy (non-hydrogen) atoms. The summed E-state index contributed by atoms with van der Waals surface area (Å²) in [7, 11) is 0. The molecule has 0 radical (unpaired) electrons. The Morgan fingerprint density at radius 2 is 2.33 bits per heavy atom. The van der Waals surface area contributed by atoms with Crippen LogP contribution in [0.2, 0.25) is 0 Å². The van der Waals surface area contributed by atoms with E-state index in [0.717, 1.165) is 6.42 Å². The molecule has 0 unspecified atom stereocenters. The van der Waals surface area contributed by atoms with Crippen LogP contribution in [0, 0.1) is 0 Å². The molecule has 0 saturated carbocycles. The minimum atomic E-state index is -0.907. The second-order valence-electron chi connectivity index (χ2n) is 1.22. The monoisotopic (exact) mass is 108 g/mol. The van der Waals surface area contributed by atoms with E-state index >= 15 is 0 Å². The van der Waals surface area contributed by atoms with Gasteiger partial charge in [-0.05, 0) is 6.42 Å². The molecule has 0 aromatic carbocycles. The first-order chi connectivity index (χ1) is 2.77. The van der Waals surface area contributed by atoms with E-state index in [9.17, 15) is 4.39 Å². The van der Waals surface area contributed by atoms with Crippen LogP contribution in [0.1, 0.15) is 19.8 Å². The molecule has 0 aliphatic rings. The first kappa shape index (κ1) is 6.28. The third-order valence-electron chi connectivity index (χ3n) is 0.527. The van der Waals surface area contributed by atoms with Crippen molar-refractivity contribution in [3.8, 4) is 0 Å². The molecule has 0 spiro atoms. The highest BCUT2D eigenvalue weighted by atomic mass is 32.1. The van der Waals surface area contributed by atoms with Crippen LogP contribution in [0.5, 0.6) is 0 Å². The highest BCUT2D eigenvalue weighted by Gasteiger charge is 1.91. The van der Waals surface area contributed by atoms with Gasteiger partial charge in [0, 0.05) is 0 Å². The van der Waals surface area contributed by atoms with Crippen LogP contribution in [0.4, 0.5) is 4.39 Å². The molecule has 0 nitrogen and oxygen atoms in total. The van der Waals surface area contributed by atoms with E-state index < -0.39 is 5.50 Å². The minimum Gasteiger partial charge on any atom is -0.236 e. The van der Waals surface area contributed by atoms with Gasteiger partial charge in [-0.3, -0.25) is 0 Å². The fraction of sp³-hybridized carbons (Fsp3) is 1.00. The average Bonchev–Trinajstić information content (AvgIpc) is 1.35. The average molecular weight is 108 g/mol. The zero-order valence-electron chi connectivity index (χ0n) is 3.82. The Labute approximate surface area is 43.2 Å². The summed E-state index contributed by atoms with van der Waals surface area (Å²) in [4.78, 5) is 0. The van der Waals surface area contributed by atoms with E-state index in [-0.39, 0.29) is 0 Å². The number of thiol groups is 1. The van der Waals surface area contributed by atoms with Crippen molar-refractivity contribution >= 4 is 12.6 Å². The predicted molar refractivity (Wildman–Crippen MR) is 28.8 cm³/mol. The number of hydrogen-bond acceptors (Lipinski definition) is 1. The molecular formula is C4H9FS. The van der Waals surface area contributed by atoms with E-state index in [4.69, 9.17) is 0 Å². The van der Waals surface area contributed by atoms with Crippen LogP contribution in [-0.4, -0.2) is 5.50 Å². The van der Waals surface area contributed by atoms with Crippen molar-refractivity contribution in [2.45, 2.75) is 25.3 Å². The predicted octanol–water partition coefficient (Wildman–Crippen LogP) is 2.01. The lowest BCUT2D eigenvalue weighted by Gasteiger charge is -1.91. The van der Waals surface area contributed by atoms with Gasteiger partial charge < -0.3 is 0 Å². The summed E-state index contributed by atoms with van der Waals surface area (Å²) in [5, 5.41) is 0. The van der Waals surface area contributed by atoms with Crippen LogP contribution in [0.3, 0.4) is 0 Å². The quantitative estimate of drug-likeness (QED) is 0.514. The summed E-state index contributed by atoms with van der Waals surface area (Å²) in [6.45, 7) is 1.93. The molecule has 0 aliphatic carbocycles. The summed E-state index contributed by atoms with van der Waals surface area (Å²) in [5.74, 6) is 0. The van der Waals surface area contributed by atoms with Crippen molar-refractivity contribution in [3.05, 3.63) is 0 Å².